The lowest BCUT2D eigenvalue weighted by Crippen LogP contribution is -2.32. The van der Waals surface area contributed by atoms with E-state index in [1.54, 1.807) is 11.3 Å². The highest BCUT2D eigenvalue weighted by Crippen LogP contribution is 2.52. The third-order valence-electron chi connectivity index (χ3n) is 5.23. The minimum Gasteiger partial charge on any atom is -0.465 e. The molecular weight excluding hydrogens is 424 g/mol. The zero-order chi connectivity index (χ0) is 21.3. The van der Waals surface area contributed by atoms with Gasteiger partial charge in [0.15, 0.2) is 5.82 Å². The number of ether oxygens (including phenoxy) is 2. The van der Waals surface area contributed by atoms with Gasteiger partial charge in [-0.25, -0.2) is 4.79 Å². The van der Waals surface area contributed by atoms with Gasteiger partial charge in [0, 0.05) is 14.6 Å². The number of carbonyl (C=O) groups excluding carboxylic acids is 2. The topological polar surface area (TPSA) is 107 Å². The van der Waals surface area contributed by atoms with E-state index >= 15 is 0 Å². The van der Waals surface area contributed by atoms with Crippen LogP contribution in [0, 0.1) is 5.92 Å². The second kappa shape index (κ2) is 8.27. The monoisotopic (exact) mass is 446 g/mol. The molecule has 1 unspecified atom stereocenters. The van der Waals surface area contributed by atoms with Gasteiger partial charge in [-0.3, -0.25) is 4.79 Å². The fourth-order valence-electron chi connectivity index (χ4n) is 4.20. The summed E-state index contributed by atoms with van der Waals surface area (Å²) in [6.45, 7) is 5.01. The molecule has 0 aliphatic heterocycles. The Morgan fingerprint density at radius 3 is 2.63 bits per heavy atom. The molecule has 1 N–H and O–H groups in total. The van der Waals surface area contributed by atoms with E-state index < -0.39 is 5.41 Å². The van der Waals surface area contributed by atoms with E-state index in [9.17, 15) is 9.59 Å². The van der Waals surface area contributed by atoms with Crippen LogP contribution in [0.3, 0.4) is 0 Å². The fraction of sp³-hybridized carbons (Fsp3) is 0.450. The van der Waals surface area contributed by atoms with Gasteiger partial charge in [-0.2, -0.15) is 5.21 Å². The largest absolute Gasteiger partial charge is 0.465 e. The Hall–Kier alpha value is -2.59. The average molecular weight is 447 g/mol. The van der Waals surface area contributed by atoms with Gasteiger partial charge in [0.05, 0.1) is 7.11 Å². The van der Waals surface area contributed by atoms with Gasteiger partial charge >= 0.3 is 5.97 Å². The number of nitrogens with zero attached hydrogens (tertiary/aromatic N) is 3. The van der Waals surface area contributed by atoms with Crippen LogP contribution >= 0.6 is 22.7 Å². The SMILES string of the molecule is COC(=O)c1cc2c(s1)C(CC(C)C)(c1nn[nH]n1)c1sc(COC=O)cc1CC2. The highest BCUT2D eigenvalue weighted by molar-refractivity contribution is 7.15. The van der Waals surface area contributed by atoms with Crippen LogP contribution in [0.1, 0.15) is 61.5 Å². The zero-order valence-electron chi connectivity index (χ0n) is 16.9. The third kappa shape index (κ3) is 3.43. The van der Waals surface area contributed by atoms with Crippen LogP contribution < -0.4 is 0 Å². The van der Waals surface area contributed by atoms with E-state index in [2.05, 4.69) is 40.5 Å². The van der Waals surface area contributed by atoms with E-state index in [-0.39, 0.29) is 12.6 Å². The summed E-state index contributed by atoms with van der Waals surface area (Å²) in [5.41, 5.74) is 1.67. The van der Waals surface area contributed by atoms with E-state index in [1.807, 2.05) is 6.07 Å². The van der Waals surface area contributed by atoms with Crippen molar-refractivity contribution in [2.45, 2.75) is 45.1 Å². The molecule has 3 aromatic heterocycles. The normalized spacial score (nSPS) is 17.9. The van der Waals surface area contributed by atoms with Gasteiger partial charge in [0.1, 0.15) is 16.9 Å². The molecule has 3 heterocycles. The van der Waals surface area contributed by atoms with Crippen molar-refractivity contribution in [3.05, 3.63) is 48.6 Å². The molecule has 0 spiro atoms. The smallest absolute Gasteiger partial charge is 0.348 e. The molecule has 10 heteroatoms. The van der Waals surface area contributed by atoms with Crippen LogP contribution in [-0.4, -0.2) is 40.2 Å². The molecule has 1 atom stereocenters. The summed E-state index contributed by atoms with van der Waals surface area (Å²) in [6.07, 6.45) is 2.36. The number of methoxy groups -OCH3 is 1. The minimum atomic E-state index is -0.636. The maximum absolute atomic E-state index is 12.3. The van der Waals surface area contributed by atoms with Gasteiger partial charge in [-0.1, -0.05) is 19.1 Å². The summed E-state index contributed by atoms with van der Waals surface area (Å²) in [7, 11) is 1.39. The number of esters is 1. The molecule has 0 bridgehead atoms. The predicted molar refractivity (Wildman–Crippen MR) is 112 cm³/mol. The number of thiophene rings is 2. The Morgan fingerprint density at radius 1 is 1.27 bits per heavy atom. The van der Waals surface area contributed by atoms with E-state index in [4.69, 9.17) is 9.47 Å². The number of nitrogens with one attached hydrogen (secondary N) is 1. The Balaban J connectivity index is 1.98. The number of aromatic amines is 1. The Labute approximate surface area is 181 Å². The van der Waals surface area contributed by atoms with Crippen molar-refractivity contribution in [2.75, 3.05) is 7.11 Å². The number of hydrogen-bond donors (Lipinski definition) is 1. The Morgan fingerprint density at radius 2 is 2.00 bits per heavy atom. The molecule has 1 aliphatic rings. The number of fused-ring (bicyclic) bond motifs is 2. The van der Waals surface area contributed by atoms with Gasteiger partial charge in [0.25, 0.3) is 6.47 Å². The number of aryl methyl sites for hydroxylation is 2. The summed E-state index contributed by atoms with van der Waals surface area (Å²) < 4.78 is 9.99. The first-order chi connectivity index (χ1) is 14.5. The van der Waals surface area contributed by atoms with Crippen molar-refractivity contribution in [3.8, 4) is 0 Å². The minimum absolute atomic E-state index is 0.232. The van der Waals surface area contributed by atoms with Gasteiger partial charge in [-0.15, -0.1) is 32.9 Å². The highest BCUT2D eigenvalue weighted by atomic mass is 32.1. The number of carbonyl (C=O) groups is 2. The lowest BCUT2D eigenvalue weighted by atomic mass is 9.75. The molecule has 0 aromatic carbocycles. The van der Waals surface area contributed by atoms with Crippen LogP contribution in [0.15, 0.2) is 12.1 Å². The Bertz CT molecular complexity index is 1060. The summed E-state index contributed by atoms with van der Waals surface area (Å²) in [4.78, 5) is 26.7. The molecule has 0 saturated heterocycles. The molecule has 0 amide bonds. The van der Waals surface area contributed by atoms with Gasteiger partial charge in [-0.05, 0) is 48.4 Å². The fourth-order valence-corrected chi connectivity index (χ4v) is 6.93. The number of tetrazole rings is 1. The summed E-state index contributed by atoms with van der Waals surface area (Å²) in [5.74, 6) is 0.567. The van der Waals surface area contributed by atoms with Crippen LogP contribution in [0.25, 0.3) is 0 Å². The number of H-pyrrole nitrogens is 1. The molecular formula is C20H22N4O4S2. The first-order valence-electron chi connectivity index (χ1n) is 9.62. The molecule has 158 valence electrons. The molecule has 30 heavy (non-hydrogen) atoms. The molecule has 0 saturated carbocycles. The summed E-state index contributed by atoms with van der Waals surface area (Å²) in [6, 6.07) is 4.05. The molecule has 3 aromatic rings. The quantitative estimate of drug-likeness (QED) is 0.438. The van der Waals surface area contributed by atoms with Crippen molar-refractivity contribution >= 4 is 35.1 Å². The number of aromatic nitrogens is 4. The van der Waals surface area contributed by atoms with Crippen LogP contribution in [0.5, 0.6) is 0 Å². The van der Waals surface area contributed by atoms with Crippen molar-refractivity contribution in [2.24, 2.45) is 5.92 Å². The second-order valence-electron chi connectivity index (χ2n) is 7.67. The maximum Gasteiger partial charge on any atom is 0.348 e. The van der Waals surface area contributed by atoms with Crippen molar-refractivity contribution in [1.29, 1.82) is 0 Å². The maximum atomic E-state index is 12.3. The zero-order valence-corrected chi connectivity index (χ0v) is 18.6. The van der Waals surface area contributed by atoms with E-state index in [0.29, 0.717) is 23.1 Å². The third-order valence-corrected chi connectivity index (χ3v) is 7.86. The number of rotatable bonds is 7. The van der Waals surface area contributed by atoms with Gasteiger partial charge in [0.2, 0.25) is 0 Å². The molecule has 0 fully saturated rings. The van der Waals surface area contributed by atoms with Crippen LogP contribution in [0.2, 0.25) is 0 Å². The predicted octanol–water partition coefficient (Wildman–Crippen LogP) is 3.26. The summed E-state index contributed by atoms with van der Waals surface area (Å²) in [5, 5.41) is 15.3. The lowest BCUT2D eigenvalue weighted by molar-refractivity contribution is -0.129. The van der Waals surface area contributed by atoms with Crippen molar-refractivity contribution < 1.29 is 19.1 Å². The Kier molecular flexibility index (Phi) is 5.70. The second-order valence-corrected chi connectivity index (χ2v) is 9.86. The first kappa shape index (κ1) is 20.7. The standard InChI is InChI=1S/C20H22N4O4S2/c1-11(2)8-20(19-21-23-24-22-19)16-12(6-14(29-16)9-28-10-25)4-5-13-7-15(18(26)27-3)30-17(13)20/h6-7,10-11H,4-5,8-9H2,1-3H3,(H,21,22,23,24). The molecule has 0 radical (unpaired) electrons. The summed E-state index contributed by atoms with van der Waals surface area (Å²) >= 11 is 3.05. The van der Waals surface area contributed by atoms with Crippen molar-refractivity contribution in [3.63, 3.8) is 0 Å². The lowest BCUT2D eigenvalue weighted by Gasteiger charge is -2.31. The molecule has 1 aliphatic carbocycles. The highest BCUT2D eigenvalue weighted by Gasteiger charge is 2.48. The van der Waals surface area contributed by atoms with E-state index in [1.165, 1.54) is 24.0 Å². The van der Waals surface area contributed by atoms with Gasteiger partial charge < -0.3 is 9.47 Å². The number of hydrogen-bond acceptors (Lipinski definition) is 9. The molecule has 8 nitrogen and oxygen atoms in total. The van der Waals surface area contributed by atoms with Crippen LogP contribution in [0.4, 0.5) is 0 Å². The van der Waals surface area contributed by atoms with Crippen molar-refractivity contribution in [1.82, 2.24) is 20.6 Å². The van der Waals surface area contributed by atoms with Crippen LogP contribution in [-0.2, 0) is 39.1 Å². The average Bonchev–Trinajstić information content (AvgIpc) is 3.47. The first-order valence-corrected chi connectivity index (χ1v) is 11.3. The van der Waals surface area contributed by atoms with E-state index in [0.717, 1.165) is 39.5 Å². The molecule has 4 rings (SSSR count).